The van der Waals surface area contributed by atoms with Gasteiger partial charge in [0.15, 0.2) is 5.75 Å². The van der Waals surface area contributed by atoms with Crippen molar-refractivity contribution in [3.8, 4) is 5.75 Å². The first-order valence-electron chi connectivity index (χ1n) is 6.32. The lowest BCUT2D eigenvalue weighted by Crippen LogP contribution is -2.04. The van der Waals surface area contributed by atoms with E-state index in [0.29, 0.717) is 12.2 Å². The van der Waals surface area contributed by atoms with Crippen LogP contribution in [0, 0.1) is 0 Å². The van der Waals surface area contributed by atoms with Crippen LogP contribution < -0.4 is 10.1 Å². The fraction of sp³-hybridized carbons (Fsp3) is 0.286. The summed E-state index contributed by atoms with van der Waals surface area (Å²) in [6.07, 6.45) is 4.00. The SMILES string of the molecule is CCn1ccc(CNc2cc(Cl)c(OC(F)F)c(Cl)c2)c1. The number of hydrogen-bond donors (Lipinski definition) is 1. The number of halogens is 4. The summed E-state index contributed by atoms with van der Waals surface area (Å²) < 4.78 is 30.8. The van der Waals surface area contributed by atoms with Crippen molar-refractivity contribution in [2.75, 3.05) is 5.32 Å². The first-order valence-corrected chi connectivity index (χ1v) is 7.07. The number of aromatic nitrogens is 1. The number of nitrogens with zero attached hydrogens (tertiary/aromatic N) is 1. The highest BCUT2D eigenvalue weighted by Gasteiger charge is 2.14. The molecule has 114 valence electrons. The second-order valence-corrected chi connectivity index (χ2v) is 5.17. The Hall–Kier alpha value is -1.46. The van der Waals surface area contributed by atoms with Crippen molar-refractivity contribution in [1.29, 1.82) is 0 Å². The van der Waals surface area contributed by atoms with E-state index in [9.17, 15) is 8.78 Å². The summed E-state index contributed by atoms with van der Waals surface area (Å²) >= 11 is 11.8. The molecule has 2 aromatic rings. The highest BCUT2D eigenvalue weighted by Crippen LogP contribution is 2.37. The minimum absolute atomic E-state index is 0.0384. The van der Waals surface area contributed by atoms with E-state index < -0.39 is 6.61 Å². The molecule has 1 aromatic carbocycles. The zero-order valence-electron chi connectivity index (χ0n) is 11.2. The fourth-order valence-electron chi connectivity index (χ4n) is 1.86. The molecule has 0 aliphatic heterocycles. The van der Waals surface area contributed by atoms with E-state index in [1.54, 1.807) is 0 Å². The molecule has 0 saturated carbocycles. The van der Waals surface area contributed by atoms with Crippen LogP contribution >= 0.6 is 23.2 Å². The number of ether oxygens (including phenoxy) is 1. The smallest absolute Gasteiger partial charge is 0.387 e. The molecule has 0 saturated heterocycles. The number of benzene rings is 1. The van der Waals surface area contributed by atoms with E-state index >= 15 is 0 Å². The van der Waals surface area contributed by atoms with E-state index in [2.05, 4.69) is 21.5 Å². The lowest BCUT2D eigenvalue weighted by Gasteiger charge is -2.12. The van der Waals surface area contributed by atoms with Crippen molar-refractivity contribution in [1.82, 2.24) is 4.57 Å². The standard InChI is InChI=1S/C14H14Cl2F2N2O/c1-2-20-4-3-9(8-20)7-19-10-5-11(15)13(12(16)6-10)21-14(17)18/h3-6,8,14,19H,2,7H2,1H3. The van der Waals surface area contributed by atoms with Crippen molar-refractivity contribution in [2.45, 2.75) is 26.6 Å². The molecular formula is C14H14Cl2F2N2O. The molecule has 1 heterocycles. The first kappa shape index (κ1) is 15.9. The number of aryl methyl sites for hydroxylation is 1. The summed E-state index contributed by atoms with van der Waals surface area (Å²) in [5.41, 5.74) is 1.73. The molecule has 1 aromatic heterocycles. The average Bonchev–Trinajstić information content (AvgIpc) is 2.88. The molecule has 1 N–H and O–H groups in total. The Bertz CT molecular complexity index is 594. The van der Waals surface area contributed by atoms with Gasteiger partial charge in [0.1, 0.15) is 0 Å². The van der Waals surface area contributed by atoms with Crippen LogP contribution in [-0.2, 0) is 13.1 Å². The summed E-state index contributed by atoms with van der Waals surface area (Å²) in [4.78, 5) is 0. The molecule has 7 heteroatoms. The lowest BCUT2D eigenvalue weighted by molar-refractivity contribution is -0.0497. The van der Waals surface area contributed by atoms with Gasteiger partial charge in [0, 0.05) is 31.2 Å². The Morgan fingerprint density at radius 2 is 1.95 bits per heavy atom. The topological polar surface area (TPSA) is 26.2 Å². The Kier molecular flexibility index (Phi) is 5.31. The number of nitrogens with one attached hydrogen (secondary N) is 1. The Labute approximate surface area is 131 Å². The predicted molar refractivity (Wildman–Crippen MR) is 80.5 cm³/mol. The molecule has 0 bridgehead atoms. The summed E-state index contributed by atoms with van der Waals surface area (Å²) in [6.45, 7) is 0.567. The van der Waals surface area contributed by atoms with Crippen LogP contribution in [0.1, 0.15) is 12.5 Å². The normalized spacial score (nSPS) is 11.0. The van der Waals surface area contributed by atoms with E-state index in [-0.39, 0.29) is 15.8 Å². The molecule has 0 aliphatic carbocycles. The summed E-state index contributed by atoms with van der Waals surface area (Å²) in [5.74, 6) is -0.212. The van der Waals surface area contributed by atoms with Gasteiger partial charge in [-0.05, 0) is 30.7 Å². The quantitative estimate of drug-likeness (QED) is 0.801. The molecule has 0 unspecified atom stereocenters. The van der Waals surface area contributed by atoms with Gasteiger partial charge in [0.2, 0.25) is 0 Å². The molecule has 3 nitrogen and oxygen atoms in total. The molecule has 2 rings (SSSR count). The van der Waals surface area contributed by atoms with Crippen LogP contribution in [0.25, 0.3) is 0 Å². The van der Waals surface area contributed by atoms with E-state index in [1.165, 1.54) is 12.1 Å². The molecule has 0 amide bonds. The van der Waals surface area contributed by atoms with Gasteiger partial charge in [-0.25, -0.2) is 0 Å². The molecule has 0 atom stereocenters. The van der Waals surface area contributed by atoms with Gasteiger partial charge in [-0.2, -0.15) is 8.78 Å². The maximum Gasteiger partial charge on any atom is 0.387 e. The van der Waals surface area contributed by atoms with Gasteiger partial charge in [-0.15, -0.1) is 0 Å². The van der Waals surface area contributed by atoms with Crippen LogP contribution in [-0.4, -0.2) is 11.2 Å². The van der Waals surface area contributed by atoms with Crippen molar-refractivity contribution < 1.29 is 13.5 Å². The highest BCUT2D eigenvalue weighted by molar-refractivity contribution is 6.37. The number of anilines is 1. The van der Waals surface area contributed by atoms with E-state index in [0.717, 1.165) is 12.1 Å². The monoisotopic (exact) mass is 334 g/mol. The predicted octanol–water partition coefficient (Wildman–Crippen LogP) is 5.03. The van der Waals surface area contributed by atoms with Gasteiger partial charge in [-0.3, -0.25) is 0 Å². The van der Waals surface area contributed by atoms with Gasteiger partial charge in [0.25, 0.3) is 0 Å². The van der Waals surface area contributed by atoms with Crippen LogP contribution in [0.15, 0.2) is 30.6 Å². The van der Waals surface area contributed by atoms with Crippen LogP contribution in [0.5, 0.6) is 5.75 Å². The van der Waals surface area contributed by atoms with Crippen molar-refractivity contribution >= 4 is 28.9 Å². The minimum Gasteiger partial charge on any atom is -0.432 e. The van der Waals surface area contributed by atoms with Gasteiger partial charge >= 0.3 is 6.61 Å². The van der Waals surface area contributed by atoms with Crippen molar-refractivity contribution in [3.05, 3.63) is 46.2 Å². The Morgan fingerprint density at radius 1 is 1.29 bits per heavy atom. The zero-order valence-corrected chi connectivity index (χ0v) is 12.8. The third-order valence-electron chi connectivity index (χ3n) is 2.88. The van der Waals surface area contributed by atoms with Gasteiger partial charge in [-0.1, -0.05) is 23.2 Å². The molecule has 0 radical (unpaired) electrons. The number of hydrogen-bond acceptors (Lipinski definition) is 2. The first-order chi connectivity index (χ1) is 9.99. The Morgan fingerprint density at radius 3 is 2.48 bits per heavy atom. The van der Waals surface area contributed by atoms with Crippen molar-refractivity contribution in [3.63, 3.8) is 0 Å². The fourth-order valence-corrected chi connectivity index (χ4v) is 2.44. The second-order valence-electron chi connectivity index (χ2n) is 4.35. The maximum absolute atomic E-state index is 12.2. The minimum atomic E-state index is -2.97. The van der Waals surface area contributed by atoms with Crippen LogP contribution in [0.4, 0.5) is 14.5 Å². The largest absolute Gasteiger partial charge is 0.432 e. The van der Waals surface area contributed by atoms with E-state index in [1.807, 2.05) is 18.5 Å². The van der Waals surface area contributed by atoms with Crippen LogP contribution in [0.3, 0.4) is 0 Å². The summed E-state index contributed by atoms with van der Waals surface area (Å²) in [6, 6.07) is 5.00. The molecular weight excluding hydrogens is 321 g/mol. The van der Waals surface area contributed by atoms with Gasteiger partial charge < -0.3 is 14.6 Å². The summed E-state index contributed by atoms with van der Waals surface area (Å²) in [5, 5.41) is 3.21. The number of alkyl halides is 2. The maximum atomic E-state index is 12.2. The Balaban J connectivity index is 2.07. The third kappa shape index (κ3) is 4.25. The molecule has 0 spiro atoms. The molecule has 21 heavy (non-hydrogen) atoms. The lowest BCUT2D eigenvalue weighted by atomic mass is 10.2. The van der Waals surface area contributed by atoms with Crippen molar-refractivity contribution in [2.24, 2.45) is 0 Å². The molecule has 0 aliphatic rings. The molecule has 0 fully saturated rings. The second kappa shape index (κ2) is 7.00. The third-order valence-corrected chi connectivity index (χ3v) is 3.44. The van der Waals surface area contributed by atoms with E-state index in [4.69, 9.17) is 23.2 Å². The zero-order chi connectivity index (χ0) is 15.4. The summed E-state index contributed by atoms with van der Waals surface area (Å²) in [7, 11) is 0. The van der Waals surface area contributed by atoms with Gasteiger partial charge in [0.05, 0.1) is 10.0 Å². The van der Waals surface area contributed by atoms with Crippen LogP contribution in [0.2, 0.25) is 10.0 Å². The number of rotatable bonds is 6. The average molecular weight is 335 g/mol. The highest BCUT2D eigenvalue weighted by atomic mass is 35.5.